The molecule has 0 atom stereocenters. The first kappa shape index (κ1) is 8.86. The second-order valence-corrected chi connectivity index (χ2v) is 1.55. The molecule has 58 valence electrons. The molecule has 10 heavy (non-hydrogen) atoms. The molecule has 2 amide bonds. The molecule has 0 bridgehead atoms. The fraction of sp³-hybridized carbons (Fsp3) is 0.500. The molecule has 1 saturated heterocycles. The summed E-state index contributed by atoms with van der Waals surface area (Å²) in [7, 11) is 0. The Morgan fingerprint density at radius 2 is 1.30 bits per heavy atom. The summed E-state index contributed by atoms with van der Waals surface area (Å²) in [6.45, 7) is 0.248. The number of hydrogen-bond donors (Lipinski definition) is 4. The molecule has 4 N–H and O–H groups in total. The summed E-state index contributed by atoms with van der Waals surface area (Å²) in [5.41, 5.74) is 0. The Bertz CT molecular complexity index is 107. The van der Waals surface area contributed by atoms with Gasteiger partial charge in [0.15, 0.2) is 0 Å². The number of nitrogens with one attached hydrogen (secondary N) is 2. The lowest BCUT2D eigenvalue weighted by Crippen LogP contribution is -2.48. The van der Waals surface area contributed by atoms with E-state index in [1.54, 1.807) is 0 Å². The number of hydrogen-bond acceptors (Lipinski definition) is 4. The molecule has 0 aliphatic carbocycles. The van der Waals surface area contributed by atoms with Crippen molar-refractivity contribution in [2.75, 3.05) is 13.1 Å². The van der Waals surface area contributed by atoms with Gasteiger partial charge >= 0.3 is 0 Å². The molecule has 6 heteroatoms. The quantitative estimate of drug-likeness (QED) is 0.242. The van der Waals surface area contributed by atoms with Gasteiger partial charge in [-0.15, -0.1) is 0 Å². The lowest BCUT2D eigenvalue weighted by molar-refractivity contribution is -0.176. The largest absolute Gasteiger partial charge is 0.346 e. The average molecular weight is 148 g/mol. The highest BCUT2D eigenvalue weighted by atomic mass is 17.0. The van der Waals surface area contributed by atoms with E-state index < -0.39 is 0 Å². The molecule has 0 spiro atoms. The van der Waals surface area contributed by atoms with Crippen molar-refractivity contribution in [3.63, 3.8) is 0 Å². The van der Waals surface area contributed by atoms with Gasteiger partial charge in [-0.05, 0) is 0 Å². The van der Waals surface area contributed by atoms with Crippen LogP contribution in [0, 0.1) is 0 Å². The Kier molecular flexibility index (Phi) is 4.17. The number of rotatable bonds is 0. The molecule has 0 saturated carbocycles. The molecule has 0 aromatic rings. The molecule has 1 heterocycles. The zero-order valence-corrected chi connectivity index (χ0v) is 5.13. The van der Waals surface area contributed by atoms with Crippen molar-refractivity contribution < 1.29 is 20.1 Å². The molecular weight excluding hydrogens is 140 g/mol. The lowest BCUT2D eigenvalue weighted by Gasteiger charge is -2.10. The first-order valence-electron chi connectivity index (χ1n) is 2.52. The van der Waals surface area contributed by atoms with Crippen LogP contribution in [0.1, 0.15) is 0 Å². The van der Waals surface area contributed by atoms with E-state index in [4.69, 9.17) is 10.5 Å². The van der Waals surface area contributed by atoms with Crippen molar-refractivity contribution in [1.82, 2.24) is 10.6 Å². The summed E-state index contributed by atoms with van der Waals surface area (Å²) in [5, 5.41) is 16.8. The number of carbonyl (C=O) groups is 2. The molecule has 1 fully saturated rings. The van der Waals surface area contributed by atoms with E-state index in [-0.39, 0.29) is 24.9 Å². The minimum atomic E-state index is -0.121. The van der Waals surface area contributed by atoms with Crippen LogP contribution < -0.4 is 10.6 Å². The fourth-order valence-electron chi connectivity index (χ4n) is 0.483. The highest BCUT2D eigenvalue weighted by Gasteiger charge is 2.11. The van der Waals surface area contributed by atoms with E-state index in [0.717, 1.165) is 0 Å². The summed E-state index contributed by atoms with van der Waals surface area (Å²) in [4.78, 5) is 20.6. The highest BCUT2D eigenvalue weighted by molar-refractivity contribution is 5.92. The second kappa shape index (κ2) is 4.71. The van der Waals surface area contributed by atoms with Crippen LogP contribution in [0.4, 0.5) is 0 Å². The zero-order chi connectivity index (χ0) is 7.98. The predicted molar refractivity (Wildman–Crippen MR) is 31.3 cm³/mol. The minimum Gasteiger partial charge on any atom is -0.346 e. The number of carbonyl (C=O) groups excluding carboxylic acids is 2. The van der Waals surface area contributed by atoms with Gasteiger partial charge in [0.05, 0.1) is 13.1 Å². The van der Waals surface area contributed by atoms with Gasteiger partial charge in [-0.2, -0.15) is 0 Å². The minimum absolute atomic E-state index is 0.121. The third-order valence-electron chi connectivity index (χ3n) is 0.892. The van der Waals surface area contributed by atoms with Crippen LogP contribution in [0.5, 0.6) is 0 Å². The van der Waals surface area contributed by atoms with Crippen molar-refractivity contribution in [2.45, 2.75) is 0 Å². The third kappa shape index (κ3) is 3.00. The van der Waals surface area contributed by atoms with Crippen LogP contribution in [0.15, 0.2) is 0 Å². The summed E-state index contributed by atoms with van der Waals surface area (Å²) >= 11 is 0. The smallest absolute Gasteiger partial charge is 0.239 e. The standard InChI is InChI=1S/C4H6N2O2.H2O2/c7-3-1-5-4(8)2-6-3;1-2/h1-2H2,(H,5,8)(H,6,7);1-2H. The Morgan fingerprint density at radius 3 is 1.50 bits per heavy atom. The predicted octanol–water partition coefficient (Wildman–Crippen LogP) is -1.75. The summed E-state index contributed by atoms with van der Waals surface area (Å²) in [6.07, 6.45) is 0. The molecule has 0 aromatic heterocycles. The van der Waals surface area contributed by atoms with E-state index in [1.807, 2.05) is 0 Å². The van der Waals surface area contributed by atoms with Crippen molar-refractivity contribution in [3.05, 3.63) is 0 Å². The summed E-state index contributed by atoms with van der Waals surface area (Å²) in [5.74, 6) is -0.241. The SMILES string of the molecule is O=C1CNC(=O)CN1.OO. The van der Waals surface area contributed by atoms with Crippen LogP contribution >= 0.6 is 0 Å². The first-order valence-corrected chi connectivity index (χ1v) is 2.52. The van der Waals surface area contributed by atoms with Gasteiger partial charge in [-0.25, -0.2) is 0 Å². The van der Waals surface area contributed by atoms with Gasteiger partial charge in [0.25, 0.3) is 0 Å². The average Bonchev–Trinajstić information content (AvgIpc) is 2.00. The maximum absolute atomic E-state index is 10.3. The molecule has 1 aliphatic rings. The van der Waals surface area contributed by atoms with Gasteiger partial charge in [0, 0.05) is 0 Å². The Labute approximate surface area is 56.8 Å². The van der Waals surface area contributed by atoms with Crippen LogP contribution in [0.3, 0.4) is 0 Å². The number of piperazine rings is 1. The van der Waals surface area contributed by atoms with Crippen LogP contribution in [-0.2, 0) is 9.59 Å². The lowest BCUT2D eigenvalue weighted by atomic mass is 10.4. The zero-order valence-electron chi connectivity index (χ0n) is 5.13. The maximum atomic E-state index is 10.3. The van der Waals surface area contributed by atoms with Gasteiger partial charge in [0.1, 0.15) is 0 Å². The third-order valence-corrected chi connectivity index (χ3v) is 0.892. The van der Waals surface area contributed by atoms with Crippen molar-refractivity contribution in [1.29, 1.82) is 0 Å². The van der Waals surface area contributed by atoms with E-state index in [1.165, 1.54) is 0 Å². The van der Waals surface area contributed by atoms with Gasteiger partial charge in [-0.1, -0.05) is 0 Å². The van der Waals surface area contributed by atoms with Gasteiger partial charge < -0.3 is 10.6 Å². The van der Waals surface area contributed by atoms with Crippen molar-refractivity contribution in [2.24, 2.45) is 0 Å². The van der Waals surface area contributed by atoms with Gasteiger partial charge in [-0.3, -0.25) is 20.1 Å². The number of amides is 2. The normalized spacial score (nSPS) is 16.2. The van der Waals surface area contributed by atoms with Crippen molar-refractivity contribution >= 4 is 11.8 Å². The van der Waals surface area contributed by atoms with E-state index in [0.29, 0.717) is 0 Å². The van der Waals surface area contributed by atoms with Gasteiger partial charge in [0.2, 0.25) is 11.8 Å². The molecule has 1 rings (SSSR count). The van der Waals surface area contributed by atoms with Crippen LogP contribution in [-0.4, -0.2) is 35.4 Å². The molecular formula is C4H8N2O4. The highest BCUT2D eigenvalue weighted by Crippen LogP contribution is 1.72. The molecule has 6 nitrogen and oxygen atoms in total. The Morgan fingerprint density at radius 1 is 1.00 bits per heavy atom. The first-order chi connectivity index (χ1) is 4.79. The van der Waals surface area contributed by atoms with E-state index >= 15 is 0 Å². The van der Waals surface area contributed by atoms with E-state index in [2.05, 4.69) is 10.6 Å². The van der Waals surface area contributed by atoms with Crippen molar-refractivity contribution in [3.8, 4) is 0 Å². The Balaban J connectivity index is 0.000000371. The Hall–Kier alpha value is -1.14. The molecule has 0 unspecified atom stereocenters. The van der Waals surface area contributed by atoms with E-state index in [9.17, 15) is 9.59 Å². The maximum Gasteiger partial charge on any atom is 0.239 e. The van der Waals surface area contributed by atoms with Crippen LogP contribution in [0.2, 0.25) is 0 Å². The summed E-state index contributed by atoms with van der Waals surface area (Å²) in [6, 6.07) is 0. The fourth-order valence-corrected chi connectivity index (χ4v) is 0.483. The monoisotopic (exact) mass is 148 g/mol. The molecule has 0 radical (unpaired) electrons. The second-order valence-electron chi connectivity index (χ2n) is 1.55. The summed E-state index contributed by atoms with van der Waals surface area (Å²) < 4.78 is 0. The molecule has 1 aliphatic heterocycles. The molecule has 0 aromatic carbocycles. The topological polar surface area (TPSA) is 98.7 Å². The van der Waals surface area contributed by atoms with Crippen LogP contribution in [0.25, 0.3) is 0 Å².